The zero-order valence-electron chi connectivity index (χ0n) is 9.03. The molecule has 0 aliphatic heterocycles. The number of aryl methyl sites for hydroxylation is 1. The third-order valence-corrected chi connectivity index (χ3v) is 3.62. The molecule has 0 amide bonds. The van der Waals surface area contributed by atoms with Gasteiger partial charge in [-0.2, -0.15) is 0 Å². The third-order valence-electron chi connectivity index (χ3n) is 2.24. The first-order valence-electron chi connectivity index (χ1n) is 4.78. The quantitative estimate of drug-likeness (QED) is 0.789. The molecule has 0 N–H and O–H groups in total. The second-order valence-corrected chi connectivity index (χ2v) is 4.65. The molecular formula is C11H11ClN2OS. The molecule has 0 fully saturated rings. The molecule has 2 aromatic rings. The van der Waals surface area contributed by atoms with Crippen LogP contribution in [0.1, 0.15) is 10.6 Å². The summed E-state index contributed by atoms with van der Waals surface area (Å²) in [6, 6.07) is 5.99. The summed E-state index contributed by atoms with van der Waals surface area (Å²) in [6.07, 6.45) is 0. The van der Waals surface area contributed by atoms with Crippen LogP contribution in [-0.4, -0.2) is 17.3 Å². The molecule has 84 valence electrons. The van der Waals surface area contributed by atoms with Crippen LogP contribution >= 0.6 is 22.9 Å². The van der Waals surface area contributed by atoms with Gasteiger partial charge in [0.25, 0.3) is 0 Å². The molecule has 0 bridgehead atoms. The highest BCUT2D eigenvalue weighted by atomic mass is 35.5. The molecular weight excluding hydrogens is 244 g/mol. The highest BCUT2D eigenvalue weighted by Gasteiger charge is 2.08. The largest absolute Gasteiger partial charge is 0.496 e. The number of alkyl halides is 1. The summed E-state index contributed by atoms with van der Waals surface area (Å²) >= 11 is 7.20. The van der Waals surface area contributed by atoms with Gasteiger partial charge >= 0.3 is 0 Å². The first kappa shape index (κ1) is 11.4. The number of benzene rings is 1. The SMILES string of the molecule is COc1cc(-c2nnc(CCl)s2)ccc1C. The molecule has 0 unspecified atom stereocenters. The molecule has 1 aromatic heterocycles. The lowest BCUT2D eigenvalue weighted by molar-refractivity contribution is 0.412. The fourth-order valence-corrected chi connectivity index (χ4v) is 2.28. The van der Waals surface area contributed by atoms with Gasteiger partial charge in [0.1, 0.15) is 15.8 Å². The smallest absolute Gasteiger partial charge is 0.147 e. The molecule has 0 radical (unpaired) electrons. The van der Waals surface area contributed by atoms with Crippen LogP contribution in [-0.2, 0) is 5.88 Å². The molecule has 0 saturated carbocycles. The van der Waals surface area contributed by atoms with Gasteiger partial charge in [-0.1, -0.05) is 23.5 Å². The van der Waals surface area contributed by atoms with E-state index in [1.165, 1.54) is 11.3 Å². The van der Waals surface area contributed by atoms with E-state index in [2.05, 4.69) is 10.2 Å². The van der Waals surface area contributed by atoms with Gasteiger partial charge in [0.2, 0.25) is 0 Å². The monoisotopic (exact) mass is 254 g/mol. The highest BCUT2D eigenvalue weighted by molar-refractivity contribution is 7.14. The summed E-state index contributed by atoms with van der Waals surface area (Å²) in [5.41, 5.74) is 2.12. The summed E-state index contributed by atoms with van der Waals surface area (Å²) in [5, 5.41) is 9.77. The van der Waals surface area contributed by atoms with E-state index >= 15 is 0 Å². The Morgan fingerprint density at radius 1 is 1.38 bits per heavy atom. The minimum atomic E-state index is 0.403. The maximum absolute atomic E-state index is 5.69. The summed E-state index contributed by atoms with van der Waals surface area (Å²) < 4.78 is 5.27. The number of rotatable bonds is 3. The lowest BCUT2D eigenvalue weighted by Crippen LogP contribution is -1.87. The van der Waals surface area contributed by atoms with E-state index in [-0.39, 0.29) is 0 Å². The van der Waals surface area contributed by atoms with Crippen LogP contribution in [0.15, 0.2) is 18.2 Å². The van der Waals surface area contributed by atoms with E-state index in [1.54, 1.807) is 7.11 Å². The van der Waals surface area contributed by atoms with Crippen molar-refractivity contribution < 1.29 is 4.74 Å². The van der Waals surface area contributed by atoms with Crippen molar-refractivity contribution in [2.75, 3.05) is 7.11 Å². The van der Waals surface area contributed by atoms with Gasteiger partial charge in [0.05, 0.1) is 13.0 Å². The number of hydrogen-bond donors (Lipinski definition) is 0. The minimum Gasteiger partial charge on any atom is -0.496 e. The average Bonchev–Trinajstić information content (AvgIpc) is 2.78. The Bertz CT molecular complexity index is 498. The van der Waals surface area contributed by atoms with Crippen molar-refractivity contribution in [2.45, 2.75) is 12.8 Å². The first-order chi connectivity index (χ1) is 7.74. The zero-order valence-corrected chi connectivity index (χ0v) is 10.6. The fraction of sp³-hybridized carbons (Fsp3) is 0.273. The second-order valence-electron chi connectivity index (χ2n) is 3.32. The van der Waals surface area contributed by atoms with E-state index in [0.29, 0.717) is 5.88 Å². The number of nitrogens with zero attached hydrogens (tertiary/aromatic N) is 2. The van der Waals surface area contributed by atoms with Crippen LogP contribution < -0.4 is 4.74 Å². The maximum Gasteiger partial charge on any atom is 0.147 e. The van der Waals surface area contributed by atoms with E-state index in [1.807, 2.05) is 25.1 Å². The van der Waals surface area contributed by atoms with Crippen LogP contribution in [0.25, 0.3) is 10.6 Å². The van der Waals surface area contributed by atoms with Gasteiger partial charge < -0.3 is 4.74 Å². The summed E-state index contributed by atoms with van der Waals surface area (Å²) in [7, 11) is 1.66. The van der Waals surface area contributed by atoms with Crippen molar-refractivity contribution in [1.82, 2.24) is 10.2 Å². The van der Waals surface area contributed by atoms with Crippen molar-refractivity contribution in [3.05, 3.63) is 28.8 Å². The fourth-order valence-electron chi connectivity index (χ4n) is 1.38. The van der Waals surface area contributed by atoms with Gasteiger partial charge in [-0.05, 0) is 18.6 Å². The van der Waals surface area contributed by atoms with Gasteiger partial charge in [0.15, 0.2) is 0 Å². The van der Waals surface area contributed by atoms with Gasteiger partial charge in [-0.25, -0.2) is 0 Å². The Hall–Kier alpha value is -1.13. The van der Waals surface area contributed by atoms with Crippen molar-refractivity contribution in [2.24, 2.45) is 0 Å². The Morgan fingerprint density at radius 2 is 2.19 bits per heavy atom. The van der Waals surface area contributed by atoms with Crippen LogP contribution in [0.3, 0.4) is 0 Å². The highest BCUT2D eigenvalue weighted by Crippen LogP contribution is 2.29. The van der Waals surface area contributed by atoms with Gasteiger partial charge in [-0.15, -0.1) is 21.8 Å². The molecule has 0 spiro atoms. The Labute approximate surface area is 103 Å². The predicted molar refractivity (Wildman–Crippen MR) is 66.2 cm³/mol. The van der Waals surface area contributed by atoms with Crippen molar-refractivity contribution in [3.8, 4) is 16.3 Å². The Kier molecular flexibility index (Phi) is 3.41. The van der Waals surface area contributed by atoms with Crippen LogP contribution in [0.2, 0.25) is 0 Å². The van der Waals surface area contributed by atoms with Crippen LogP contribution in [0, 0.1) is 6.92 Å². The molecule has 5 heteroatoms. The number of hydrogen-bond acceptors (Lipinski definition) is 4. The average molecular weight is 255 g/mol. The molecule has 1 aromatic carbocycles. The van der Waals surface area contributed by atoms with E-state index < -0.39 is 0 Å². The normalized spacial score (nSPS) is 10.4. The Morgan fingerprint density at radius 3 is 2.81 bits per heavy atom. The zero-order chi connectivity index (χ0) is 11.5. The summed E-state index contributed by atoms with van der Waals surface area (Å²) in [5.74, 6) is 1.26. The second kappa shape index (κ2) is 4.80. The molecule has 0 aliphatic carbocycles. The molecule has 0 saturated heterocycles. The van der Waals surface area contributed by atoms with E-state index in [4.69, 9.17) is 16.3 Å². The number of aromatic nitrogens is 2. The van der Waals surface area contributed by atoms with Crippen molar-refractivity contribution in [3.63, 3.8) is 0 Å². The molecule has 3 nitrogen and oxygen atoms in total. The lowest BCUT2D eigenvalue weighted by atomic mass is 10.1. The molecule has 0 aliphatic rings. The predicted octanol–water partition coefficient (Wildman–Crippen LogP) is 3.26. The Balaban J connectivity index is 2.40. The molecule has 2 rings (SSSR count). The van der Waals surface area contributed by atoms with Crippen LogP contribution in [0.5, 0.6) is 5.75 Å². The molecule has 1 heterocycles. The number of ether oxygens (including phenoxy) is 1. The number of halogens is 1. The summed E-state index contributed by atoms with van der Waals surface area (Å²) in [4.78, 5) is 0. The minimum absolute atomic E-state index is 0.403. The third kappa shape index (κ3) is 2.18. The maximum atomic E-state index is 5.69. The van der Waals surface area contributed by atoms with Gasteiger partial charge in [-0.3, -0.25) is 0 Å². The lowest BCUT2D eigenvalue weighted by Gasteiger charge is -2.05. The van der Waals surface area contributed by atoms with E-state index in [9.17, 15) is 0 Å². The van der Waals surface area contributed by atoms with Crippen LogP contribution in [0.4, 0.5) is 0 Å². The van der Waals surface area contributed by atoms with Crippen molar-refractivity contribution in [1.29, 1.82) is 0 Å². The van der Waals surface area contributed by atoms with Crippen molar-refractivity contribution >= 4 is 22.9 Å². The number of methoxy groups -OCH3 is 1. The topological polar surface area (TPSA) is 35.0 Å². The molecule has 16 heavy (non-hydrogen) atoms. The summed E-state index contributed by atoms with van der Waals surface area (Å²) in [6.45, 7) is 2.01. The molecule has 0 atom stereocenters. The van der Waals surface area contributed by atoms with Gasteiger partial charge in [0, 0.05) is 5.56 Å². The first-order valence-corrected chi connectivity index (χ1v) is 6.13. The standard InChI is InChI=1S/C11H11ClN2OS/c1-7-3-4-8(5-9(7)15-2)11-14-13-10(6-12)16-11/h3-5H,6H2,1-2H3. The van der Waals surface area contributed by atoms with E-state index in [0.717, 1.165) is 26.9 Å².